The number of halogens is 1. The molecule has 0 radical (unpaired) electrons. The number of fused-ring (bicyclic) bond motifs is 1. The Kier molecular flexibility index (Phi) is 5.35. The fourth-order valence-corrected chi connectivity index (χ4v) is 4.36. The quantitative estimate of drug-likeness (QED) is 0.429. The highest BCUT2D eigenvalue weighted by Crippen LogP contribution is 2.33. The Labute approximate surface area is 186 Å². The molecule has 0 bridgehead atoms. The molecule has 1 aliphatic rings. The Bertz CT molecular complexity index is 1270. The van der Waals surface area contributed by atoms with Crippen LogP contribution in [0.2, 0.25) is 0 Å². The maximum Gasteiger partial charge on any atom is 0.227 e. The summed E-state index contributed by atoms with van der Waals surface area (Å²) >= 11 is 0. The number of benzene rings is 3. The van der Waals surface area contributed by atoms with Crippen LogP contribution in [0.25, 0.3) is 11.0 Å². The van der Waals surface area contributed by atoms with E-state index in [9.17, 15) is 9.18 Å². The van der Waals surface area contributed by atoms with Gasteiger partial charge in [0.2, 0.25) is 5.91 Å². The molecule has 1 aromatic heterocycles. The number of aromatic nitrogens is 2. The first-order chi connectivity index (χ1) is 15.6. The van der Waals surface area contributed by atoms with Crippen molar-refractivity contribution in [1.29, 1.82) is 0 Å². The summed E-state index contributed by atoms with van der Waals surface area (Å²) in [5.74, 6) is 1.43. The molecule has 0 unspecified atom stereocenters. The van der Waals surface area contributed by atoms with Crippen LogP contribution >= 0.6 is 0 Å². The predicted octanol–water partition coefficient (Wildman–Crippen LogP) is 5.08. The number of rotatable bonds is 6. The number of ether oxygens (including phenoxy) is 1. The summed E-state index contributed by atoms with van der Waals surface area (Å²) in [5.41, 5.74) is 3.75. The van der Waals surface area contributed by atoms with E-state index >= 15 is 0 Å². The fraction of sp³-hybridized carbons (Fsp3) is 0.231. The molecule has 5 nitrogen and oxygen atoms in total. The standard InChI is InChI=1S/C26H24FN3O2/c1-18-6-2-5-9-24(18)32-15-14-29-23-8-4-3-7-22(23)28-26(29)19-16-25(31)30(17-19)21-12-10-20(27)11-13-21/h2-13,19H,14-17H2,1H3/t19-/m0/s1. The lowest BCUT2D eigenvalue weighted by atomic mass is 10.1. The van der Waals surface area contributed by atoms with Gasteiger partial charge in [-0.2, -0.15) is 0 Å². The van der Waals surface area contributed by atoms with Crippen LogP contribution in [-0.4, -0.2) is 28.6 Å². The summed E-state index contributed by atoms with van der Waals surface area (Å²) in [5, 5.41) is 0. The molecule has 32 heavy (non-hydrogen) atoms. The second-order valence-corrected chi connectivity index (χ2v) is 8.11. The molecule has 0 saturated carbocycles. The summed E-state index contributed by atoms with van der Waals surface area (Å²) in [7, 11) is 0. The third-order valence-electron chi connectivity index (χ3n) is 5.98. The van der Waals surface area contributed by atoms with Gasteiger partial charge in [-0.15, -0.1) is 0 Å². The normalized spacial score (nSPS) is 16.1. The molecule has 5 rings (SSSR count). The summed E-state index contributed by atoms with van der Waals surface area (Å²) in [6.07, 6.45) is 0.374. The van der Waals surface area contributed by atoms with Gasteiger partial charge in [0, 0.05) is 24.6 Å². The molecule has 1 atom stereocenters. The van der Waals surface area contributed by atoms with E-state index in [-0.39, 0.29) is 17.6 Å². The first-order valence-electron chi connectivity index (χ1n) is 10.8. The second-order valence-electron chi connectivity index (χ2n) is 8.11. The molecule has 1 amide bonds. The topological polar surface area (TPSA) is 47.4 Å². The number of carbonyl (C=O) groups excluding carboxylic acids is 1. The number of nitrogens with zero attached hydrogens (tertiary/aromatic N) is 3. The first kappa shape index (κ1) is 20.2. The van der Waals surface area contributed by atoms with Crippen molar-refractivity contribution in [2.75, 3.05) is 18.1 Å². The van der Waals surface area contributed by atoms with Crippen molar-refractivity contribution in [3.05, 3.63) is 90.0 Å². The summed E-state index contributed by atoms with van der Waals surface area (Å²) in [6.45, 7) is 3.68. The largest absolute Gasteiger partial charge is 0.491 e. The van der Waals surface area contributed by atoms with Gasteiger partial charge in [-0.1, -0.05) is 30.3 Å². The number of imidazole rings is 1. The molecule has 0 aliphatic carbocycles. The van der Waals surface area contributed by atoms with Gasteiger partial charge in [0.25, 0.3) is 0 Å². The van der Waals surface area contributed by atoms with E-state index in [1.807, 2.05) is 55.5 Å². The van der Waals surface area contributed by atoms with E-state index < -0.39 is 0 Å². The Morgan fingerprint density at radius 2 is 1.78 bits per heavy atom. The van der Waals surface area contributed by atoms with Crippen molar-refractivity contribution in [1.82, 2.24) is 9.55 Å². The van der Waals surface area contributed by atoms with Crippen molar-refractivity contribution in [3.8, 4) is 5.75 Å². The van der Waals surface area contributed by atoms with Gasteiger partial charge in [0.15, 0.2) is 0 Å². The highest BCUT2D eigenvalue weighted by Gasteiger charge is 2.34. The van der Waals surface area contributed by atoms with Crippen LogP contribution in [-0.2, 0) is 11.3 Å². The van der Waals surface area contributed by atoms with Crippen molar-refractivity contribution >= 4 is 22.6 Å². The minimum atomic E-state index is -0.313. The Morgan fingerprint density at radius 3 is 2.59 bits per heavy atom. The van der Waals surface area contributed by atoms with Crippen LogP contribution in [0.3, 0.4) is 0 Å². The lowest BCUT2D eigenvalue weighted by molar-refractivity contribution is -0.117. The highest BCUT2D eigenvalue weighted by molar-refractivity contribution is 5.96. The maximum absolute atomic E-state index is 13.3. The number of anilines is 1. The third-order valence-corrected chi connectivity index (χ3v) is 5.98. The minimum Gasteiger partial charge on any atom is -0.491 e. The molecule has 4 aromatic rings. The van der Waals surface area contributed by atoms with E-state index in [1.54, 1.807) is 17.0 Å². The molecule has 1 fully saturated rings. The van der Waals surface area contributed by atoms with Gasteiger partial charge >= 0.3 is 0 Å². The zero-order valence-corrected chi connectivity index (χ0v) is 17.9. The van der Waals surface area contributed by atoms with Crippen LogP contribution in [0.15, 0.2) is 72.8 Å². The van der Waals surface area contributed by atoms with Crippen molar-refractivity contribution in [2.24, 2.45) is 0 Å². The zero-order valence-electron chi connectivity index (χ0n) is 17.9. The first-order valence-corrected chi connectivity index (χ1v) is 10.8. The van der Waals surface area contributed by atoms with Crippen LogP contribution in [0, 0.1) is 12.7 Å². The van der Waals surface area contributed by atoms with E-state index in [4.69, 9.17) is 9.72 Å². The average Bonchev–Trinajstić information content (AvgIpc) is 3.36. The number of hydrogen-bond donors (Lipinski definition) is 0. The molecule has 2 heterocycles. The number of aryl methyl sites for hydroxylation is 1. The molecule has 6 heteroatoms. The van der Waals surface area contributed by atoms with E-state index in [0.717, 1.165) is 28.2 Å². The Hall–Kier alpha value is -3.67. The summed E-state index contributed by atoms with van der Waals surface area (Å²) < 4.78 is 21.5. The second kappa shape index (κ2) is 8.46. The zero-order chi connectivity index (χ0) is 22.1. The smallest absolute Gasteiger partial charge is 0.227 e. The van der Waals surface area contributed by atoms with E-state index in [0.29, 0.717) is 31.8 Å². The number of amides is 1. The number of para-hydroxylation sites is 3. The maximum atomic E-state index is 13.3. The van der Waals surface area contributed by atoms with E-state index in [1.165, 1.54) is 12.1 Å². The van der Waals surface area contributed by atoms with Gasteiger partial charge < -0.3 is 14.2 Å². The van der Waals surface area contributed by atoms with Crippen LogP contribution in [0.5, 0.6) is 5.75 Å². The molecule has 1 aliphatic heterocycles. The minimum absolute atomic E-state index is 0.0244. The number of carbonyl (C=O) groups is 1. The third kappa shape index (κ3) is 3.84. The average molecular weight is 429 g/mol. The van der Waals surface area contributed by atoms with Crippen LogP contribution in [0.4, 0.5) is 10.1 Å². The van der Waals surface area contributed by atoms with Gasteiger partial charge in [-0.25, -0.2) is 9.37 Å². The van der Waals surface area contributed by atoms with Crippen molar-refractivity contribution in [3.63, 3.8) is 0 Å². The molecule has 3 aromatic carbocycles. The van der Waals surface area contributed by atoms with Crippen LogP contribution < -0.4 is 9.64 Å². The summed E-state index contributed by atoms with van der Waals surface area (Å²) in [4.78, 5) is 19.4. The Morgan fingerprint density at radius 1 is 1.03 bits per heavy atom. The van der Waals surface area contributed by atoms with Gasteiger partial charge in [-0.05, 0) is 55.0 Å². The number of hydrogen-bond acceptors (Lipinski definition) is 3. The van der Waals surface area contributed by atoms with E-state index in [2.05, 4.69) is 4.57 Å². The van der Waals surface area contributed by atoms with Gasteiger partial charge in [0.05, 0.1) is 17.6 Å². The Balaban J connectivity index is 1.41. The van der Waals surface area contributed by atoms with Crippen LogP contribution in [0.1, 0.15) is 23.7 Å². The monoisotopic (exact) mass is 429 g/mol. The predicted molar refractivity (Wildman–Crippen MR) is 123 cm³/mol. The molecule has 1 saturated heterocycles. The fourth-order valence-electron chi connectivity index (χ4n) is 4.36. The molecular weight excluding hydrogens is 405 g/mol. The summed E-state index contributed by atoms with van der Waals surface area (Å²) in [6, 6.07) is 22.0. The van der Waals surface area contributed by atoms with Gasteiger partial charge in [0.1, 0.15) is 24.0 Å². The molecule has 162 valence electrons. The molecule has 0 spiro atoms. The van der Waals surface area contributed by atoms with Crippen molar-refractivity contribution < 1.29 is 13.9 Å². The molecule has 0 N–H and O–H groups in total. The highest BCUT2D eigenvalue weighted by atomic mass is 19.1. The lowest BCUT2D eigenvalue weighted by Gasteiger charge is -2.17. The van der Waals surface area contributed by atoms with Gasteiger partial charge in [-0.3, -0.25) is 4.79 Å². The SMILES string of the molecule is Cc1ccccc1OCCn1c([C@H]2CC(=O)N(c3ccc(F)cc3)C2)nc2ccccc21. The lowest BCUT2D eigenvalue weighted by Crippen LogP contribution is -2.24. The molecular formula is C26H24FN3O2. The van der Waals surface area contributed by atoms with Crippen molar-refractivity contribution in [2.45, 2.75) is 25.8 Å².